The summed E-state index contributed by atoms with van der Waals surface area (Å²) in [6.45, 7) is 7.39. The second-order valence-corrected chi connectivity index (χ2v) is 5.67. The summed E-state index contributed by atoms with van der Waals surface area (Å²) in [7, 11) is 1.76. The van der Waals surface area contributed by atoms with Crippen molar-refractivity contribution in [2.24, 2.45) is 0 Å². The Kier molecular flexibility index (Phi) is 6.13. The Hall–Kier alpha value is -0.570. The van der Waals surface area contributed by atoms with Crippen LogP contribution in [0.1, 0.15) is 45.2 Å². The fourth-order valence-corrected chi connectivity index (χ4v) is 2.12. The molecule has 0 spiro atoms. The molecule has 0 heterocycles. The highest BCUT2D eigenvalue weighted by molar-refractivity contribution is 6.30. The molecule has 1 aromatic rings. The first-order chi connectivity index (χ1) is 8.48. The van der Waals surface area contributed by atoms with Crippen LogP contribution < -0.4 is 5.32 Å². The maximum Gasteiger partial charge on any atom is 0.0640 e. The largest absolute Gasteiger partial charge is 0.379 e. The van der Waals surface area contributed by atoms with E-state index in [1.165, 1.54) is 5.56 Å². The first-order valence-electron chi connectivity index (χ1n) is 6.52. The van der Waals surface area contributed by atoms with Crippen LogP contribution in [0.3, 0.4) is 0 Å². The van der Waals surface area contributed by atoms with Gasteiger partial charge in [-0.2, -0.15) is 0 Å². The van der Waals surface area contributed by atoms with Gasteiger partial charge in [0, 0.05) is 18.2 Å². The molecule has 2 nitrogen and oxygen atoms in total. The number of halogens is 1. The lowest BCUT2D eigenvalue weighted by Gasteiger charge is -2.29. The van der Waals surface area contributed by atoms with E-state index in [1.807, 2.05) is 18.2 Å². The van der Waals surface area contributed by atoms with Crippen molar-refractivity contribution in [1.82, 2.24) is 5.32 Å². The molecule has 0 saturated carbocycles. The molecule has 0 aromatic heterocycles. The quantitative estimate of drug-likeness (QED) is 0.801. The predicted molar refractivity (Wildman–Crippen MR) is 78.2 cm³/mol. The van der Waals surface area contributed by atoms with Crippen LogP contribution in [0.5, 0.6) is 0 Å². The van der Waals surface area contributed by atoms with Gasteiger partial charge in [-0.25, -0.2) is 0 Å². The predicted octanol–water partition coefficient (Wildman–Crippen LogP) is 4.20. The Morgan fingerprint density at radius 1 is 1.39 bits per heavy atom. The minimum absolute atomic E-state index is 0.145. The summed E-state index contributed by atoms with van der Waals surface area (Å²) in [5, 5.41) is 4.35. The van der Waals surface area contributed by atoms with E-state index in [0.717, 1.165) is 24.4 Å². The maximum atomic E-state index is 6.07. The topological polar surface area (TPSA) is 21.3 Å². The molecule has 0 fully saturated rings. The average Bonchev–Trinajstić information content (AvgIpc) is 2.34. The number of ether oxygens (including phenoxy) is 1. The van der Waals surface area contributed by atoms with E-state index in [2.05, 4.69) is 32.2 Å². The van der Waals surface area contributed by atoms with Crippen molar-refractivity contribution in [2.45, 2.75) is 45.3 Å². The van der Waals surface area contributed by atoms with Gasteiger partial charge in [0.15, 0.2) is 0 Å². The Morgan fingerprint density at radius 2 is 2.11 bits per heavy atom. The van der Waals surface area contributed by atoms with Crippen molar-refractivity contribution >= 4 is 11.6 Å². The zero-order valence-corrected chi connectivity index (χ0v) is 12.6. The molecule has 0 saturated heterocycles. The second kappa shape index (κ2) is 7.13. The summed E-state index contributed by atoms with van der Waals surface area (Å²) < 4.78 is 5.53. The fourth-order valence-electron chi connectivity index (χ4n) is 1.92. The van der Waals surface area contributed by atoms with Crippen molar-refractivity contribution < 1.29 is 4.74 Å². The number of benzene rings is 1. The molecule has 1 aromatic carbocycles. The highest BCUT2D eigenvalue weighted by Crippen LogP contribution is 2.27. The van der Waals surface area contributed by atoms with E-state index >= 15 is 0 Å². The van der Waals surface area contributed by atoms with Crippen molar-refractivity contribution in [2.75, 3.05) is 13.7 Å². The minimum atomic E-state index is -0.145. The van der Waals surface area contributed by atoms with Gasteiger partial charge in [0.05, 0.1) is 5.60 Å². The fraction of sp³-hybridized carbons (Fsp3) is 0.600. The van der Waals surface area contributed by atoms with Crippen LogP contribution in [0.4, 0.5) is 0 Å². The first kappa shape index (κ1) is 15.5. The molecular formula is C15H24ClNO. The molecule has 0 bridgehead atoms. The Balaban J connectivity index is 2.84. The summed E-state index contributed by atoms with van der Waals surface area (Å²) in [6, 6.07) is 8.33. The molecule has 1 rings (SSSR count). The lowest BCUT2D eigenvalue weighted by Crippen LogP contribution is -2.32. The van der Waals surface area contributed by atoms with E-state index in [-0.39, 0.29) is 11.6 Å². The van der Waals surface area contributed by atoms with Gasteiger partial charge in [-0.1, -0.05) is 30.7 Å². The number of hydrogen-bond acceptors (Lipinski definition) is 2. The van der Waals surface area contributed by atoms with Crippen molar-refractivity contribution in [3.63, 3.8) is 0 Å². The molecular weight excluding hydrogens is 246 g/mol. The van der Waals surface area contributed by atoms with Crippen LogP contribution in [0, 0.1) is 0 Å². The van der Waals surface area contributed by atoms with E-state index in [4.69, 9.17) is 16.3 Å². The van der Waals surface area contributed by atoms with Gasteiger partial charge in [0.25, 0.3) is 0 Å². The van der Waals surface area contributed by atoms with Crippen LogP contribution in [0.15, 0.2) is 24.3 Å². The number of nitrogens with one attached hydrogen (secondary N) is 1. The first-order valence-corrected chi connectivity index (χ1v) is 6.90. The van der Waals surface area contributed by atoms with Gasteiger partial charge in [-0.05, 0) is 50.9 Å². The van der Waals surface area contributed by atoms with Gasteiger partial charge in [0.1, 0.15) is 0 Å². The molecule has 18 heavy (non-hydrogen) atoms. The standard InChI is InChI=1S/C15H24ClNO/c1-5-9-17-14(11-15(2,3)18-4)12-7-6-8-13(16)10-12/h6-8,10,14,17H,5,9,11H2,1-4H3. The Morgan fingerprint density at radius 3 is 2.67 bits per heavy atom. The van der Waals surface area contributed by atoms with Gasteiger partial charge in [-0.15, -0.1) is 0 Å². The average molecular weight is 270 g/mol. The second-order valence-electron chi connectivity index (χ2n) is 5.23. The normalized spacial score (nSPS) is 13.6. The summed E-state index contributed by atoms with van der Waals surface area (Å²) in [5.41, 5.74) is 1.08. The molecule has 0 aliphatic rings. The van der Waals surface area contributed by atoms with Crippen molar-refractivity contribution in [3.8, 4) is 0 Å². The van der Waals surface area contributed by atoms with E-state index in [9.17, 15) is 0 Å². The zero-order chi connectivity index (χ0) is 13.6. The lowest BCUT2D eigenvalue weighted by molar-refractivity contribution is 0.00685. The van der Waals surface area contributed by atoms with Gasteiger partial charge >= 0.3 is 0 Å². The van der Waals surface area contributed by atoms with Crippen molar-refractivity contribution in [3.05, 3.63) is 34.9 Å². The van der Waals surface area contributed by atoms with E-state index in [0.29, 0.717) is 0 Å². The van der Waals surface area contributed by atoms with E-state index in [1.54, 1.807) is 7.11 Å². The smallest absolute Gasteiger partial charge is 0.0640 e. The number of hydrogen-bond donors (Lipinski definition) is 1. The van der Waals surface area contributed by atoms with E-state index < -0.39 is 0 Å². The third kappa shape index (κ3) is 4.97. The van der Waals surface area contributed by atoms with Crippen LogP contribution in [0.25, 0.3) is 0 Å². The van der Waals surface area contributed by atoms with Crippen LogP contribution in [0.2, 0.25) is 5.02 Å². The zero-order valence-electron chi connectivity index (χ0n) is 11.8. The monoisotopic (exact) mass is 269 g/mol. The SMILES string of the molecule is CCCNC(CC(C)(C)OC)c1cccc(Cl)c1. The Bertz CT molecular complexity index is 365. The van der Waals surface area contributed by atoms with Crippen LogP contribution in [-0.4, -0.2) is 19.3 Å². The summed E-state index contributed by atoms with van der Waals surface area (Å²) >= 11 is 6.07. The van der Waals surface area contributed by atoms with Gasteiger partial charge in [0.2, 0.25) is 0 Å². The summed E-state index contributed by atoms with van der Waals surface area (Å²) in [4.78, 5) is 0. The molecule has 1 atom stereocenters. The van der Waals surface area contributed by atoms with Crippen LogP contribution >= 0.6 is 11.6 Å². The van der Waals surface area contributed by atoms with Gasteiger partial charge < -0.3 is 10.1 Å². The highest BCUT2D eigenvalue weighted by Gasteiger charge is 2.23. The summed E-state index contributed by atoms with van der Waals surface area (Å²) in [6.07, 6.45) is 2.04. The minimum Gasteiger partial charge on any atom is -0.379 e. The number of methoxy groups -OCH3 is 1. The molecule has 1 N–H and O–H groups in total. The molecule has 3 heteroatoms. The maximum absolute atomic E-state index is 6.07. The molecule has 1 unspecified atom stereocenters. The molecule has 0 aliphatic heterocycles. The lowest BCUT2D eigenvalue weighted by atomic mass is 9.93. The molecule has 0 radical (unpaired) electrons. The molecule has 0 amide bonds. The van der Waals surface area contributed by atoms with Crippen LogP contribution in [-0.2, 0) is 4.74 Å². The third-order valence-electron chi connectivity index (χ3n) is 3.14. The Labute approximate surface area is 116 Å². The highest BCUT2D eigenvalue weighted by atomic mass is 35.5. The third-order valence-corrected chi connectivity index (χ3v) is 3.38. The number of rotatable bonds is 7. The molecule has 102 valence electrons. The van der Waals surface area contributed by atoms with Crippen molar-refractivity contribution in [1.29, 1.82) is 0 Å². The molecule has 0 aliphatic carbocycles. The van der Waals surface area contributed by atoms with Gasteiger partial charge in [-0.3, -0.25) is 0 Å². The summed E-state index contributed by atoms with van der Waals surface area (Å²) in [5.74, 6) is 0.